The Hall–Kier alpha value is -3.91. The number of rotatable bonds is 6. The van der Waals surface area contributed by atoms with Crippen LogP contribution >= 0.6 is 11.8 Å². The zero-order valence-corrected chi connectivity index (χ0v) is 18.1. The van der Waals surface area contributed by atoms with E-state index in [0.29, 0.717) is 21.8 Å². The second kappa shape index (κ2) is 8.68. The van der Waals surface area contributed by atoms with Crippen molar-refractivity contribution in [3.63, 3.8) is 0 Å². The lowest BCUT2D eigenvalue weighted by Gasteiger charge is -2.13. The predicted molar refractivity (Wildman–Crippen MR) is 125 cm³/mol. The van der Waals surface area contributed by atoms with Gasteiger partial charge in [0.25, 0.3) is 5.56 Å². The maximum absolute atomic E-state index is 13.4. The van der Waals surface area contributed by atoms with Crippen LogP contribution in [0.15, 0.2) is 95.0 Å². The summed E-state index contributed by atoms with van der Waals surface area (Å²) in [5.74, 6) is 1.25. The molecule has 0 saturated heterocycles. The summed E-state index contributed by atoms with van der Waals surface area (Å²) in [6.45, 7) is 0. The maximum atomic E-state index is 13.4. The summed E-state index contributed by atoms with van der Waals surface area (Å²) >= 11 is 1.45. The SMILES string of the molecule is COc1ccc(-n2c(SCc3cn(-c4ccccc4)nn3)nc3ccccc3c2=O)cc1. The third-order valence-electron chi connectivity index (χ3n) is 4.99. The molecule has 8 heteroatoms. The highest BCUT2D eigenvalue weighted by molar-refractivity contribution is 7.98. The molecule has 0 aliphatic rings. The van der Waals surface area contributed by atoms with E-state index in [4.69, 9.17) is 9.72 Å². The fourth-order valence-corrected chi connectivity index (χ4v) is 4.27. The first-order valence-corrected chi connectivity index (χ1v) is 11.0. The lowest BCUT2D eigenvalue weighted by Crippen LogP contribution is -2.21. The van der Waals surface area contributed by atoms with Crippen LogP contribution in [0.1, 0.15) is 5.69 Å². The molecule has 0 amide bonds. The molecule has 0 fully saturated rings. The minimum Gasteiger partial charge on any atom is -0.497 e. The average Bonchev–Trinajstić information content (AvgIpc) is 3.33. The second-order valence-corrected chi connectivity index (χ2v) is 7.97. The Morgan fingerprint density at radius 1 is 0.906 bits per heavy atom. The topological polar surface area (TPSA) is 74.8 Å². The quantitative estimate of drug-likeness (QED) is 0.289. The minimum absolute atomic E-state index is 0.115. The van der Waals surface area contributed by atoms with Crippen LogP contribution in [0.3, 0.4) is 0 Å². The van der Waals surface area contributed by atoms with Crippen LogP contribution in [0.2, 0.25) is 0 Å². The molecule has 32 heavy (non-hydrogen) atoms. The van der Waals surface area contributed by atoms with Crippen molar-refractivity contribution < 1.29 is 4.74 Å². The van der Waals surface area contributed by atoms with Gasteiger partial charge in [0.15, 0.2) is 5.16 Å². The van der Waals surface area contributed by atoms with Crippen LogP contribution in [-0.4, -0.2) is 31.7 Å². The van der Waals surface area contributed by atoms with Gasteiger partial charge in [-0.1, -0.05) is 47.3 Å². The summed E-state index contributed by atoms with van der Waals surface area (Å²) < 4.78 is 8.62. The van der Waals surface area contributed by atoms with Gasteiger partial charge in [-0.25, -0.2) is 9.67 Å². The highest BCUT2D eigenvalue weighted by atomic mass is 32.2. The molecule has 0 aliphatic heterocycles. The Morgan fingerprint density at radius 3 is 2.44 bits per heavy atom. The number of thioether (sulfide) groups is 1. The summed E-state index contributed by atoms with van der Waals surface area (Å²) in [5, 5.41) is 9.66. The molecule has 3 aromatic carbocycles. The van der Waals surface area contributed by atoms with Gasteiger partial charge in [-0.15, -0.1) is 5.10 Å². The third kappa shape index (κ3) is 3.88. The number of nitrogens with zero attached hydrogens (tertiary/aromatic N) is 5. The van der Waals surface area contributed by atoms with Gasteiger partial charge in [0.05, 0.1) is 41.3 Å². The number of methoxy groups -OCH3 is 1. The Bertz CT molecular complexity index is 1430. The van der Waals surface area contributed by atoms with E-state index in [1.54, 1.807) is 22.4 Å². The van der Waals surface area contributed by atoms with Gasteiger partial charge in [-0.05, 0) is 48.5 Å². The van der Waals surface area contributed by atoms with Crippen molar-refractivity contribution >= 4 is 22.7 Å². The van der Waals surface area contributed by atoms with Crippen molar-refractivity contribution in [1.82, 2.24) is 24.5 Å². The molecule has 0 saturated carbocycles. The van der Waals surface area contributed by atoms with Crippen LogP contribution in [0, 0.1) is 0 Å². The van der Waals surface area contributed by atoms with E-state index < -0.39 is 0 Å². The Labute approximate surface area is 188 Å². The van der Waals surface area contributed by atoms with Gasteiger partial charge in [0.2, 0.25) is 0 Å². The van der Waals surface area contributed by atoms with Gasteiger partial charge in [-0.2, -0.15) is 0 Å². The van der Waals surface area contributed by atoms with Crippen LogP contribution in [0.5, 0.6) is 5.75 Å². The number of para-hydroxylation sites is 2. The minimum atomic E-state index is -0.115. The molecule has 5 rings (SSSR count). The highest BCUT2D eigenvalue weighted by Gasteiger charge is 2.14. The molecule has 0 radical (unpaired) electrons. The number of ether oxygens (including phenoxy) is 1. The number of aromatic nitrogens is 5. The van der Waals surface area contributed by atoms with E-state index in [1.165, 1.54) is 11.8 Å². The molecule has 0 N–H and O–H groups in total. The van der Waals surface area contributed by atoms with Crippen molar-refractivity contribution in [3.8, 4) is 17.1 Å². The molecule has 158 valence electrons. The molecular formula is C24H19N5O2S. The van der Waals surface area contributed by atoms with E-state index in [0.717, 1.165) is 22.8 Å². The molecule has 2 aromatic heterocycles. The molecule has 0 bridgehead atoms. The molecular weight excluding hydrogens is 422 g/mol. The largest absolute Gasteiger partial charge is 0.497 e. The molecule has 0 spiro atoms. The number of fused-ring (bicyclic) bond motifs is 1. The maximum Gasteiger partial charge on any atom is 0.266 e. The Kier molecular flexibility index (Phi) is 5.43. The van der Waals surface area contributed by atoms with E-state index in [9.17, 15) is 4.79 Å². The van der Waals surface area contributed by atoms with Crippen LogP contribution in [0.4, 0.5) is 0 Å². The first-order chi connectivity index (χ1) is 15.7. The average molecular weight is 442 g/mol. The third-order valence-corrected chi connectivity index (χ3v) is 5.96. The van der Waals surface area contributed by atoms with Crippen LogP contribution < -0.4 is 10.3 Å². The van der Waals surface area contributed by atoms with E-state index in [1.807, 2.05) is 79.0 Å². The van der Waals surface area contributed by atoms with Crippen molar-refractivity contribution in [2.75, 3.05) is 7.11 Å². The molecule has 2 heterocycles. The fraction of sp³-hybridized carbons (Fsp3) is 0.0833. The van der Waals surface area contributed by atoms with Crippen molar-refractivity contribution in [3.05, 3.63) is 101 Å². The van der Waals surface area contributed by atoms with Gasteiger partial charge >= 0.3 is 0 Å². The lowest BCUT2D eigenvalue weighted by molar-refractivity contribution is 0.414. The summed E-state index contributed by atoms with van der Waals surface area (Å²) in [5.41, 5.74) is 3.01. The molecule has 5 aromatic rings. The Morgan fingerprint density at radius 2 is 1.66 bits per heavy atom. The lowest BCUT2D eigenvalue weighted by atomic mass is 10.2. The summed E-state index contributed by atoms with van der Waals surface area (Å²) in [6.07, 6.45) is 1.89. The van der Waals surface area contributed by atoms with Crippen LogP contribution in [0.25, 0.3) is 22.3 Å². The molecule has 0 atom stereocenters. The first kappa shape index (κ1) is 20.0. The number of hydrogen-bond acceptors (Lipinski definition) is 6. The zero-order valence-electron chi connectivity index (χ0n) is 17.3. The first-order valence-electron chi connectivity index (χ1n) is 9.98. The standard InChI is InChI=1S/C24H19N5O2S/c1-31-20-13-11-19(12-14-20)29-23(30)21-9-5-6-10-22(21)25-24(29)32-16-17-15-28(27-26-17)18-7-3-2-4-8-18/h2-15H,16H2,1H3. The van der Waals surface area contributed by atoms with Gasteiger partial charge < -0.3 is 4.74 Å². The smallest absolute Gasteiger partial charge is 0.266 e. The van der Waals surface area contributed by atoms with E-state index in [2.05, 4.69) is 10.3 Å². The molecule has 0 aliphatic carbocycles. The van der Waals surface area contributed by atoms with E-state index >= 15 is 0 Å². The summed E-state index contributed by atoms with van der Waals surface area (Å²) in [6, 6.07) is 24.6. The van der Waals surface area contributed by atoms with Crippen LogP contribution in [-0.2, 0) is 5.75 Å². The zero-order chi connectivity index (χ0) is 21.9. The van der Waals surface area contributed by atoms with Gasteiger partial charge in [0.1, 0.15) is 5.75 Å². The molecule has 7 nitrogen and oxygen atoms in total. The van der Waals surface area contributed by atoms with E-state index in [-0.39, 0.29) is 5.56 Å². The highest BCUT2D eigenvalue weighted by Crippen LogP contribution is 2.25. The van der Waals surface area contributed by atoms with Gasteiger partial charge in [-0.3, -0.25) is 9.36 Å². The summed E-state index contributed by atoms with van der Waals surface area (Å²) in [4.78, 5) is 18.1. The normalized spacial score (nSPS) is 11.0. The van der Waals surface area contributed by atoms with Gasteiger partial charge in [0, 0.05) is 5.75 Å². The fourth-order valence-electron chi connectivity index (χ4n) is 3.38. The molecule has 0 unspecified atom stereocenters. The monoisotopic (exact) mass is 441 g/mol. The van der Waals surface area contributed by atoms with Crippen molar-refractivity contribution in [1.29, 1.82) is 0 Å². The predicted octanol–water partition coefficient (Wildman–Crippen LogP) is 4.27. The second-order valence-electron chi connectivity index (χ2n) is 7.03. The van der Waals surface area contributed by atoms with Crippen molar-refractivity contribution in [2.24, 2.45) is 0 Å². The summed E-state index contributed by atoms with van der Waals surface area (Å²) in [7, 11) is 1.61. The number of benzene rings is 3. The number of hydrogen-bond donors (Lipinski definition) is 0. The Balaban J connectivity index is 1.51. The van der Waals surface area contributed by atoms with Crippen molar-refractivity contribution in [2.45, 2.75) is 10.9 Å².